The molecule has 2 atom stereocenters. The molecule has 4 aromatic rings. The van der Waals surface area contributed by atoms with Crippen molar-refractivity contribution in [1.29, 1.82) is 0 Å². The van der Waals surface area contributed by atoms with Gasteiger partial charge >= 0.3 is 5.69 Å². The predicted molar refractivity (Wildman–Crippen MR) is 178 cm³/mol. The molecule has 1 aliphatic carbocycles. The van der Waals surface area contributed by atoms with Crippen molar-refractivity contribution in [2.24, 2.45) is 17.6 Å². The molecule has 2 amide bonds. The lowest BCUT2D eigenvalue weighted by Gasteiger charge is -2.33. The van der Waals surface area contributed by atoms with Gasteiger partial charge in [-0.1, -0.05) is 41.9 Å². The lowest BCUT2D eigenvalue weighted by Crippen LogP contribution is -2.50. The van der Waals surface area contributed by atoms with Crippen molar-refractivity contribution in [3.63, 3.8) is 0 Å². The Morgan fingerprint density at radius 1 is 0.978 bits per heavy atom. The highest BCUT2D eigenvalue weighted by atomic mass is 35.5. The van der Waals surface area contributed by atoms with E-state index in [9.17, 15) is 19.5 Å². The molecular weight excluding hydrogens is 592 g/mol. The number of aromatic amines is 2. The Morgan fingerprint density at radius 2 is 1.69 bits per heavy atom. The monoisotopic (exact) mass is 632 g/mol. The number of amides is 2. The summed E-state index contributed by atoms with van der Waals surface area (Å²) < 4.78 is 0. The van der Waals surface area contributed by atoms with E-state index in [-0.39, 0.29) is 29.5 Å². The van der Waals surface area contributed by atoms with Crippen molar-refractivity contribution in [3.8, 4) is 11.1 Å². The van der Waals surface area contributed by atoms with Gasteiger partial charge in [-0.2, -0.15) is 0 Å². The molecule has 0 spiro atoms. The van der Waals surface area contributed by atoms with Crippen LogP contribution >= 0.6 is 11.6 Å². The number of benzene rings is 3. The van der Waals surface area contributed by atoms with Gasteiger partial charge in [0.15, 0.2) is 0 Å². The first kappa shape index (κ1) is 32.4. The maximum Gasteiger partial charge on any atom is 0.323 e. The molecule has 0 saturated heterocycles. The Balaban J connectivity index is 1.32. The average Bonchev–Trinajstić information content (AvgIpc) is 3.40. The van der Waals surface area contributed by atoms with E-state index in [1.807, 2.05) is 44.2 Å². The second kappa shape index (κ2) is 14.4. The van der Waals surface area contributed by atoms with E-state index in [1.165, 1.54) is 0 Å². The summed E-state index contributed by atoms with van der Waals surface area (Å²) in [5, 5.41) is 20.6. The van der Waals surface area contributed by atoms with Crippen LogP contribution in [0.4, 0.5) is 5.69 Å². The molecule has 45 heavy (non-hydrogen) atoms. The Hall–Kier alpha value is -3.96. The van der Waals surface area contributed by atoms with Gasteiger partial charge < -0.3 is 31.4 Å². The number of carbonyl (C=O) groups excluding carboxylic acids is 2. The number of hydrogen-bond donors (Lipinski definition) is 7. The minimum absolute atomic E-state index is 0.0181. The molecule has 3 aromatic carbocycles. The molecule has 0 aliphatic heterocycles. The third-order valence-corrected chi connectivity index (χ3v) is 8.81. The molecule has 1 fully saturated rings. The van der Waals surface area contributed by atoms with Gasteiger partial charge in [0.05, 0.1) is 17.1 Å². The summed E-state index contributed by atoms with van der Waals surface area (Å²) in [5.74, 6) is 0.0214. The van der Waals surface area contributed by atoms with Gasteiger partial charge in [0, 0.05) is 27.9 Å². The maximum atomic E-state index is 13.6. The van der Waals surface area contributed by atoms with E-state index >= 15 is 0 Å². The van der Waals surface area contributed by atoms with Crippen molar-refractivity contribution in [2.45, 2.75) is 64.3 Å². The number of imidazole rings is 1. The molecule has 1 saturated carbocycles. The van der Waals surface area contributed by atoms with Crippen molar-refractivity contribution in [3.05, 3.63) is 87.3 Å². The van der Waals surface area contributed by atoms with Crippen LogP contribution in [0.15, 0.2) is 65.5 Å². The molecular formula is C34H41ClN6O4. The van der Waals surface area contributed by atoms with Gasteiger partial charge in [0.25, 0.3) is 5.91 Å². The van der Waals surface area contributed by atoms with Crippen molar-refractivity contribution < 1.29 is 14.7 Å². The predicted octanol–water partition coefficient (Wildman–Crippen LogP) is 4.54. The van der Waals surface area contributed by atoms with Crippen LogP contribution in [0.5, 0.6) is 0 Å². The minimum atomic E-state index is -0.854. The van der Waals surface area contributed by atoms with Gasteiger partial charge in [0.1, 0.15) is 6.23 Å². The van der Waals surface area contributed by atoms with Crippen LogP contribution in [0.2, 0.25) is 5.02 Å². The number of hydrogen-bond acceptors (Lipinski definition) is 6. The van der Waals surface area contributed by atoms with Crippen LogP contribution in [0.3, 0.4) is 0 Å². The van der Waals surface area contributed by atoms with Crippen LogP contribution in [0.1, 0.15) is 55.5 Å². The molecule has 1 heterocycles. The number of H-pyrrole nitrogens is 2. The van der Waals surface area contributed by atoms with Crippen LogP contribution in [-0.2, 0) is 11.2 Å². The molecule has 0 bridgehead atoms. The number of halogens is 1. The summed E-state index contributed by atoms with van der Waals surface area (Å²) in [6.45, 7) is 4.45. The number of rotatable bonds is 11. The number of aliphatic hydroxyl groups is 1. The molecule has 238 valence electrons. The second-order valence-corrected chi connectivity index (χ2v) is 12.6. The SMILES string of the molecule is CC(C)NC(=O)c1ccc(-c2ccc(CC(NC(O)C3CCC(CN)CC3)C(=O)Nc3ccc4[nH]c(=O)[nH]c4c3)cc2)c(Cl)c1. The first-order chi connectivity index (χ1) is 21.6. The third kappa shape index (κ3) is 8.20. The second-order valence-electron chi connectivity index (χ2n) is 12.2. The highest BCUT2D eigenvalue weighted by Gasteiger charge is 2.30. The van der Waals surface area contributed by atoms with Crippen molar-refractivity contribution in [2.75, 3.05) is 11.9 Å². The van der Waals surface area contributed by atoms with Gasteiger partial charge in [-0.25, -0.2) is 4.79 Å². The molecule has 5 rings (SSSR count). The fourth-order valence-electron chi connectivity index (χ4n) is 5.94. The maximum absolute atomic E-state index is 13.6. The van der Waals surface area contributed by atoms with E-state index < -0.39 is 12.3 Å². The van der Waals surface area contributed by atoms with Crippen LogP contribution < -0.4 is 27.4 Å². The standard InChI is InChI=1S/C34H41ClN6O4/c1-19(2)37-32(43)24-11-13-26(27(35)16-24)22-7-3-20(4-8-22)15-30(39-31(42)23-9-5-21(18-36)6-10-23)33(44)38-25-12-14-28-29(17-25)41-34(45)40-28/h3-4,7-8,11-14,16-17,19,21,23,30-31,39,42H,5-6,9-10,15,18,36H2,1-2H3,(H,37,43)(H,38,44)(H2,40,41,45). The van der Waals surface area contributed by atoms with E-state index in [1.54, 1.807) is 30.3 Å². The molecule has 11 heteroatoms. The Kier molecular flexibility index (Phi) is 10.4. The Bertz CT molecular complexity index is 1690. The first-order valence-electron chi connectivity index (χ1n) is 15.5. The third-order valence-electron chi connectivity index (χ3n) is 8.50. The summed E-state index contributed by atoms with van der Waals surface area (Å²) in [6.07, 6.45) is 3.07. The number of anilines is 1. The summed E-state index contributed by atoms with van der Waals surface area (Å²) in [7, 11) is 0. The topological polar surface area (TPSA) is 165 Å². The van der Waals surface area contributed by atoms with E-state index in [2.05, 4.69) is 25.9 Å². The van der Waals surface area contributed by atoms with Crippen LogP contribution in [0.25, 0.3) is 22.2 Å². The number of aliphatic hydroxyl groups excluding tert-OH is 1. The zero-order valence-electron chi connectivity index (χ0n) is 25.5. The van der Waals surface area contributed by atoms with E-state index in [0.29, 0.717) is 46.2 Å². The van der Waals surface area contributed by atoms with Gasteiger partial charge in [-0.3, -0.25) is 14.9 Å². The zero-order chi connectivity index (χ0) is 32.1. The fourth-order valence-corrected chi connectivity index (χ4v) is 6.23. The number of nitrogens with one attached hydrogen (secondary N) is 5. The smallest absolute Gasteiger partial charge is 0.323 e. The molecule has 0 radical (unpaired) electrons. The van der Waals surface area contributed by atoms with Gasteiger partial charge in [-0.05, 0) is 106 Å². The minimum Gasteiger partial charge on any atom is -0.378 e. The van der Waals surface area contributed by atoms with Gasteiger partial charge in [-0.15, -0.1) is 0 Å². The summed E-state index contributed by atoms with van der Waals surface area (Å²) in [6, 6.07) is 17.4. The molecule has 1 aromatic heterocycles. The van der Waals surface area contributed by atoms with Crippen LogP contribution in [-0.4, -0.2) is 51.7 Å². The number of nitrogens with two attached hydrogens (primary N) is 1. The van der Waals surface area contributed by atoms with Crippen LogP contribution in [0, 0.1) is 11.8 Å². The zero-order valence-corrected chi connectivity index (χ0v) is 26.3. The van der Waals surface area contributed by atoms with Crippen molar-refractivity contribution >= 4 is 40.1 Å². The van der Waals surface area contributed by atoms with E-state index in [0.717, 1.165) is 42.4 Å². The number of carbonyl (C=O) groups is 2. The number of fused-ring (bicyclic) bond motifs is 1. The molecule has 10 nitrogen and oxygen atoms in total. The molecule has 2 unspecified atom stereocenters. The summed E-state index contributed by atoms with van der Waals surface area (Å²) >= 11 is 6.58. The lowest BCUT2D eigenvalue weighted by molar-refractivity contribution is -0.119. The Labute approximate surface area is 267 Å². The fraction of sp³-hybridized carbons (Fsp3) is 0.382. The summed E-state index contributed by atoms with van der Waals surface area (Å²) in [4.78, 5) is 43.1. The first-order valence-corrected chi connectivity index (χ1v) is 15.8. The van der Waals surface area contributed by atoms with E-state index in [4.69, 9.17) is 17.3 Å². The quantitative estimate of drug-likeness (QED) is 0.120. The average molecular weight is 633 g/mol. The normalized spacial score (nSPS) is 18.1. The summed E-state index contributed by atoms with van der Waals surface area (Å²) in [5.41, 5.74) is 10.3. The highest BCUT2D eigenvalue weighted by Crippen LogP contribution is 2.31. The largest absolute Gasteiger partial charge is 0.378 e. The lowest BCUT2D eigenvalue weighted by atomic mass is 9.81. The van der Waals surface area contributed by atoms with Gasteiger partial charge in [0.2, 0.25) is 5.91 Å². The number of aromatic nitrogens is 2. The van der Waals surface area contributed by atoms with Crippen molar-refractivity contribution in [1.82, 2.24) is 20.6 Å². The molecule has 1 aliphatic rings. The highest BCUT2D eigenvalue weighted by molar-refractivity contribution is 6.33. The molecule has 8 N–H and O–H groups in total. The Morgan fingerprint density at radius 3 is 2.36 bits per heavy atom.